The van der Waals surface area contributed by atoms with Crippen molar-refractivity contribution >= 4 is 0 Å². The van der Waals surface area contributed by atoms with Crippen LogP contribution in [-0.2, 0) is 0 Å². The van der Waals surface area contributed by atoms with Crippen LogP contribution in [0.1, 0.15) is 56.2 Å². The Labute approximate surface area is 118 Å². The second kappa shape index (κ2) is 6.53. The highest BCUT2D eigenvalue weighted by Crippen LogP contribution is 2.27. The molecule has 0 aromatic heterocycles. The molecule has 0 radical (unpaired) electrons. The van der Waals surface area contributed by atoms with Crippen LogP contribution < -0.4 is 5.73 Å². The Morgan fingerprint density at radius 2 is 1.74 bits per heavy atom. The van der Waals surface area contributed by atoms with Crippen molar-refractivity contribution in [3.05, 3.63) is 35.4 Å². The topological polar surface area (TPSA) is 29.3 Å². The van der Waals surface area contributed by atoms with E-state index in [1.165, 1.54) is 36.9 Å². The van der Waals surface area contributed by atoms with Gasteiger partial charge in [0, 0.05) is 19.1 Å². The van der Waals surface area contributed by atoms with Gasteiger partial charge < -0.3 is 10.6 Å². The zero-order valence-corrected chi connectivity index (χ0v) is 12.6. The molecule has 0 amide bonds. The third-order valence-electron chi connectivity index (χ3n) is 4.33. The van der Waals surface area contributed by atoms with Gasteiger partial charge in [-0.3, -0.25) is 0 Å². The minimum Gasteiger partial charge on any atom is -0.323 e. The first-order chi connectivity index (χ1) is 9.06. The van der Waals surface area contributed by atoms with Gasteiger partial charge in [0.2, 0.25) is 0 Å². The van der Waals surface area contributed by atoms with Gasteiger partial charge in [-0.15, -0.1) is 0 Å². The Kier molecular flexibility index (Phi) is 5.00. The molecule has 0 aliphatic heterocycles. The van der Waals surface area contributed by atoms with Gasteiger partial charge in [0.1, 0.15) is 0 Å². The largest absolute Gasteiger partial charge is 0.323 e. The molecule has 0 saturated heterocycles. The summed E-state index contributed by atoms with van der Waals surface area (Å²) >= 11 is 0. The van der Waals surface area contributed by atoms with E-state index < -0.39 is 0 Å². The fourth-order valence-corrected chi connectivity index (χ4v) is 2.76. The molecule has 19 heavy (non-hydrogen) atoms. The standard InChI is InChI=1S/C17H28N2/c1-13(2)15-7-9-16(10-8-15)17(18)12-19(3)11-14-5-4-6-14/h7-10,13-14,17H,4-6,11-12,18H2,1-3H3. The quantitative estimate of drug-likeness (QED) is 0.847. The van der Waals surface area contributed by atoms with E-state index in [2.05, 4.69) is 50.1 Å². The fourth-order valence-electron chi connectivity index (χ4n) is 2.76. The van der Waals surface area contributed by atoms with Gasteiger partial charge in [0.25, 0.3) is 0 Å². The number of hydrogen-bond donors (Lipinski definition) is 1. The Balaban J connectivity index is 1.85. The number of hydrogen-bond acceptors (Lipinski definition) is 2. The van der Waals surface area contributed by atoms with Crippen molar-refractivity contribution in [2.24, 2.45) is 11.7 Å². The molecular formula is C17H28N2. The average molecular weight is 260 g/mol. The van der Waals surface area contributed by atoms with E-state index in [1.807, 2.05) is 0 Å². The van der Waals surface area contributed by atoms with E-state index >= 15 is 0 Å². The number of rotatable bonds is 6. The number of benzene rings is 1. The molecule has 1 unspecified atom stereocenters. The number of nitrogens with zero attached hydrogens (tertiary/aromatic N) is 1. The van der Waals surface area contributed by atoms with E-state index in [0.717, 1.165) is 12.5 Å². The van der Waals surface area contributed by atoms with Crippen LogP contribution >= 0.6 is 0 Å². The van der Waals surface area contributed by atoms with Crippen LogP contribution in [0.25, 0.3) is 0 Å². The Morgan fingerprint density at radius 1 is 1.16 bits per heavy atom. The molecule has 0 bridgehead atoms. The summed E-state index contributed by atoms with van der Waals surface area (Å²) in [5, 5.41) is 0. The van der Waals surface area contributed by atoms with Crippen molar-refractivity contribution in [1.82, 2.24) is 4.90 Å². The first-order valence-corrected chi connectivity index (χ1v) is 7.60. The van der Waals surface area contributed by atoms with Crippen molar-refractivity contribution in [2.75, 3.05) is 20.1 Å². The van der Waals surface area contributed by atoms with Crippen LogP contribution in [0.3, 0.4) is 0 Å². The van der Waals surface area contributed by atoms with Crippen LogP contribution in [0.4, 0.5) is 0 Å². The van der Waals surface area contributed by atoms with Crippen LogP contribution in [-0.4, -0.2) is 25.0 Å². The van der Waals surface area contributed by atoms with Crippen LogP contribution in [0.2, 0.25) is 0 Å². The van der Waals surface area contributed by atoms with Gasteiger partial charge in [0.05, 0.1) is 0 Å². The van der Waals surface area contributed by atoms with E-state index in [4.69, 9.17) is 5.73 Å². The lowest BCUT2D eigenvalue weighted by Crippen LogP contribution is -2.34. The summed E-state index contributed by atoms with van der Waals surface area (Å²) in [5.41, 5.74) is 8.96. The van der Waals surface area contributed by atoms with Crippen LogP contribution in [0, 0.1) is 5.92 Å². The summed E-state index contributed by atoms with van der Waals surface area (Å²) < 4.78 is 0. The summed E-state index contributed by atoms with van der Waals surface area (Å²) in [6, 6.07) is 8.94. The number of likely N-dealkylation sites (N-methyl/N-ethyl adjacent to an activating group) is 1. The normalized spacial score (nSPS) is 17.8. The molecule has 2 N–H and O–H groups in total. The Morgan fingerprint density at radius 3 is 2.21 bits per heavy atom. The molecule has 1 aromatic rings. The van der Waals surface area contributed by atoms with Crippen molar-refractivity contribution in [1.29, 1.82) is 0 Å². The lowest BCUT2D eigenvalue weighted by Gasteiger charge is -2.31. The van der Waals surface area contributed by atoms with Crippen molar-refractivity contribution < 1.29 is 0 Å². The fraction of sp³-hybridized carbons (Fsp3) is 0.647. The lowest BCUT2D eigenvalue weighted by atomic mass is 9.85. The molecule has 1 aromatic carbocycles. The smallest absolute Gasteiger partial charge is 0.0424 e. The highest BCUT2D eigenvalue weighted by atomic mass is 15.1. The summed E-state index contributed by atoms with van der Waals surface area (Å²) in [4.78, 5) is 2.39. The Bertz CT molecular complexity index is 379. The van der Waals surface area contributed by atoms with Crippen LogP contribution in [0.15, 0.2) is 24.3 Å². The maximum Gasteiger partial charge on any atom is 0.0424 e. The second-order valence-electron chi connectivity index (χ2n) is 6.45. The third kappa shape index (κ3) is 4.05. The lowest BCUT2D eigenvalue weighted by molar-refractivity contribution is 0.198. The van der Waals surface area contributed by atoms with Gasteiger partial charge in [-0.1, -0.05) is 44.5 Å². The average Bonchev–Trinajstić information content (AvgIpc) is 2.34. The summed E-state index contributed by atoms with van der Waals surface area (Å²) in [5.74, 6) is 1.51. The van der Waals surface area contributed by atoms with E-state index in [1.54, 1.807) is 0 Å². The van der Waals surface area contributed by atoms with Gasteiger partial charge in [-0.25, -0.2) is 0 Å². The molecule has 2 heteroatoms. The molecular weight excluding hydrogens is 232 g/mol. The maximum atomic E-state index is 6.32. The molecule has 0 spiro atoms. The maximum absolute atomic E-state index is 6.32. The molecule has 1 aliphatic carbocycles. The molecule has 1 atom stereocenters. The van der Waals surface area contributed by atoms with Gasteiger partial charge >= 0.3 is 0 Å². The van der Waals surface area contributed by atoms with Gasteiger partial charge in [0.15, 0.2) is 0 Å². The van der Waals surface area contributed by atoms with E-state index in [0.29, 0.717) is 5.92 Å². The second-order valence-corrected chi connectivity index (χ2v) is 6.45. The highest BCUT2D eigenvalue weighted by molar-refractivity contribution is 5.26. The highest BCUT2D eigenvalue weighted by Gasteiger charge is 2.20. The summed E-state index contributed by atoms with van der Waals surface area (Å²) in [6.45, 7) is 6.61. The minimum atomic E-state index is 0.131. The number of nitrogens with two attached hydrogens (primary N) is 1. The zero-order chi connectivity index (χ0) is 13.8. The molecule has 1 fully saturated rings. The molecule has 2 nitrogen and oxygen atoms in total. The van der Waals surface area contributed by atoms with Gasteiger partial charge in [-0.05, 0) is 42.9 Å². The summed E-state index contributed by atoms with van der Waals surface area (Å²) in [7, 11) is 2.20. The predicted octanol–water partition coefficient (Wildman–Crippen LogP) is 3.54. The molecule has 2 rings (SSSR count). The molecule has 0 heterocycles. The SMILES string of the molecule is CC(C)c1ccc(C(N)CN(C)CC2CCC2)cc1. The molecule has 1 aliphatic rings. The Hall–Kier alpha value is -0.860. The predicted molar refractivity (Wildman–Crippen MR) is 82.3 cm³/mol. The summed E-state index contributed by atoms with van der Waals surface area (Å²) in [6.07, 6.45) is 4.23. The third-order valence-corrected chi connectivity index (χ3v) is 4.33. The van der Waals surface area contributed by atoms with Gasteiger partial charge in [-0.2, -0.15) is 0 Å². The molecule has 1 saturated carbocycles. The monoisotopic (exact) mass is 260 g/mol. The first kappa shape index (κ1) is 14.5. The van der Waals surface area contributed by atoms with E-state index in [9.17, 15) is 0 Å². The van der Waals surface area contributed by atoms with Crippen molar-refractivity contribution in [2.45, 2.75) is 45.1 Å². The van der Waals surface area contributed by atoms with E-state index in [-0.39, 0.29) is 6.04 Å². The first-order valence-electron chi connectivity index (χ1n) is 7.60. The zero-order valence-electron chi connectivity index (χ0n) is 12.6. The van der Waals surface area contributed by atoms with Crippen LogP contribution in [0.5, 0.6) is 0 Å². The van der Waals surface area contributed by atoms with Crippen molar-refractivity contribution in [3.8, 4) is 0 Å². The minimum absolute atomic E-state index is 0.131. The van der Waals surface area contributed by atoms with Crippen molar-refractivity contribution in [3.63, 3.8) is 0 Å². The molecule has 106 valence electrons.